The quantitative estimate of drug-likeness (QED) is 0.545. The van der Waals surface area contributed by atoms with Gasteiger partial charge in [-0.25, -0.2) is 0 Å². The van der Waals surface area contributed by atoms with Crippen molar-refractivity contribution < 1.29 is 14.3 Å². The zero-order valence-electron chi connectivity index (χ0n) is 11.4. The molecule has 0 aromatic heterocycles. The number of hydrogen-bond acceptors (Lipinski definition) is 5. The van der Waals surface area contributed by atoms with Crippen LogP contribution in [0.25, 0.3) is 0 Å². The topological polar surface area (TPSA) is 50.8 Å². The maximum absolute atomic E-state index is 12.4. The van der Waals surface area contributed by atoms with Gasteiger partial charge in [-0.1, -0.05) is 0 Å². The predicted octanol–water partition coefficient (Wildman–Crippen LogP) is 0.250. The van der Waals surface area contributed by atoms with Crippen LogP contribution < -0.4 is 5.32 Å². The average molecular weight is 256 g/mol. The molecular formula is C13H24N2O3. The normalized spacial score (nSPS) is 34.6. The maximum Gasteiger partial charge on any atom is 0.326 e. The molecule has 0 aliphatic carbocycles. The first-order valence-corrected chi connectivity index (χ1v) is 6.86. The van der Waals surface area contributed by atoms with Gasteiger partial charge < -0.3 is 14.4 Å². The molecule has 0 aromatic rings. The SMILES string of the molecule is CCOC(=O)C1(NCCOC)CCN2CCC1C2. The van der Waals surface area contributed by atoms with Crippen LogP contribution in [-0.4, -0.2) is 62.9 Å². The lowest BCUT2D eigenvalue weighted by Crippen LogP contribution is -2.62. The molecule has 2 aliphatic heterocycles. The molecular weight excluding hydrogens is 232 g/mol. The lowest BCUT2D eigenvalue weighted by molar-refractivity contribution is -0.155. The van der Waals surface area contributed by atoms with Crippen molar-refractivity contribution in [2.24, 2.45) is 5.92 Å². The molecule has 2 saturated heterocycles. The summed E-state index contributed by atoms with van der Waals surface area (Å²) in [5.74, 6) is 0.301. The Labute approximate surface area is 109 Å². The Morgan fingerprint density at radius 2 is 2.33 bits per heavy atom. The predicted molar refractivity (Wildman–Crippen MR) is 68.4 cm³/mol. The Hall–Kier alpha value is -0.650. The van der Waals surface area contributed by atoms with E-state index in [0.29, 0.717) is 25.7 Å². The van der Waals surface area contributed by atoms with Crippen molar-refractivity contribution in [3.8, 4) is 0 Å². The fourth-order valence-corrected chi connectivity index (χ4v) is 3.19. The minimum Gasteiger partial charge on any atom is -0.465 e. The number of esters is 1. The Morgan fingerprint density at radius 3 is 3.06 bits per heavy atom. The molecule has 104 valence electrons. The molecule has 2 bridgehead atoms. The summed E-state index contributed by atoms with van der Waals surface area (Å²) in [6, 6.07) is 0. The fraction of sp³-hybridized carbons (Fsp3) is 0.923. The molecule has 3 atom stereocenters. The van der Waals surface area contributed by atoms with E-state index in [4.69, 9.17) is 9.47 Å². The van der Waals surface area contributed by atoms with Crippen LogP contribution in [0.3, 0.4) is 0 Å². The van der Waals surface area contributed by atoms with Crippen LogP contribution in [0.1, 0.15) is 19.8 Å². The minimum absolute atomic E-state index is 0.0762. The van der Waals surface area contributed by atoms with Gasteiger partial charge in [-0.3, -0.25) is 10.1 Å². The van der Waals surface area contributed by atoms with Crippen molar-refractivity contribution in [2.75, 3.05) is 46.5 Å². The maximum atomic E-state index is 12.4. The highest BCUT2D eigenvalue weighted by molar-refractivity contribution is 5.81. The van der Waals surface area contributed by atoms with Crippen molar-refractivity contribution in [1.82, 2.24) is 10.2 Å². The summed E-state index contributed by atoms with van der Waals surface area (Å²) in [7, 11) is 1.68. The summed E-state index contributed by atoms with van der Waals surface area (Å²) in [5, 5.41) is 3.42. The molecule has 18 heavy (non-hydrogen) atoms. The van der Waals surface area contributed by atoms with E-state index >= 15 is 0 Å². The number of rotatable bonds is 6. The third-order valence-electron chi connectivity index (χ3n) is 4.18. The molecule has 2 rings (SSSR count). The first-order chi connectivity index (χ1) is 8.73. The van der Waals surface area contributed by atoms with Crippen LogP contribution in [0.2, 0.25) is 0 Å². The van der Waals surface area contributed by atoms with E-state index in [9.17, 15) is 4.79 Å². The number of nitrogens with zero attached hydrogens (tertiary/aromatic N) is 1. The molecule has 0 radical (unpaired) electrons. The van der Waals surface area contributed by atoms with E-state index < -0.39 is 5.54 Å². The van der Waals surface area contributed by atoms with Crippen LogP contribution in [0.5, 0.6) is 0 Å². The number of methoxy groups -OCH3 is 1. The number of carbonyl (C=O) groups excluding carboxylic acids is 1. The van der Waals surface area contributed by atoms with Gasteiger partial charge in [0.1, 0.15) is 5.54 Å². The number of piperidine rings is 1. The molecule has 5 heteroatoms. The van der Waals surface area contributed by atoms with E-state index in [-0.39, 0.29) is 5.97 Å². The third kappa shape index (κ3) is 2.53. The summed E-state index contributed by atoms with van der Waals surface area (Å²) >= 11 is 0. The number of carbonyl (C=O) groups is 1. The molecule has 2 fully saturated rings. The summed E-state index contributed by atoms with van der Waals surface area (Å²) in [4.78, 5) is 14.8. The van der Waals surface area contributed by atoms with Crippen LogP contribution in [-0.2, 0) is 14.3 Å². The van der Waals surface area contributed by atoms with Crippen LogP contribution in [0, 0.1) is 5.92 Å². The molecule has 0 saturated carbocycles. The highest BCUT2D eigenvalue weighted by Gasteiger charge is 2.51. The molecule has 0 amide bonds. The number of hydrogen-bond donors (Lipinski definition) is 1. The lowest BCUT2D eigenvalue weighted by atomic mass is 9.78. The van der Waals surface area contributed by atoms with Gasteiger partial charge in [0.05, 0.1) is 13.2 Å². The van der Waals surface area contributed by atoms with Gasteiger partial charge in [-0.05, 0) is 26.3 Å². The zero-order valence-corrected chi connectivity index (χ0v) is 11.4. The highest BCUT2D eigenvalue weighted by atomic mass is 16.5. The third-order valence-corrected chi connectivity index (χ3v) is 4.18. The molecule has 1 N–H and O–H groups in total. The fourth-order valence-electron chi connectivity index (χ4n) is 3.19. The van der Waals surface area contributed by atoms with Gasteiger partial charge in [0, 0.05) is 32.7 Å². The van der Waals surface area contributed by atoms with E-state index in [1.807, 2.05) is 6.92 Å². The van der Waals surface area contributed by atoms with E-state index in [1.165, 1.54) is 0 Å². The van der Waals surface area contributed by atoms with Gasteiger partial charge in [0.25, 0.3) is 0 Å². The summed E-state index contributed by atoms with van der Waals surface area (Å²) in [5.41, 5.74) is -0.485. The molecule has 0 aromatic carbocycles. The smallest absolute Gasteiger partial charge is 0.326 e. The van der Waals surface area contributed by atoms with Gasteiger partial charge >= 0.3 is 5.97 Å². The first-order valence-electron chi connectivity index (χ1n) is 6.86. The summed E-state index contributed by atoms with van der Waals surface area (Å²) in [6.07, 6.45) is 1.93. The Bertz CT molecular complexity index is 298. The zero-order chi connectivity index (χ0) is 13.0. The minimum atomic E-state index is -0.485. The molecule has 3 unspecified atom stereocenters. The summed E-state index contributed by atoms with van der Waals surface area (Å²) in [6.45, 7) is 6.74. The van der Waals surface area contributed by atoms with Crippen LogP contribution in [0.15, 0.2) is 0 Å². The van der Waals surface area contributed by atoms with Crippen molar-refractivity contribution >= 4 is 5.97 Å². The average Bonchev–Trinajstić information content (AvgIpc) is 2.77. The monoisotopic (exact) mass is 256 g/mol. The highest BCUT2D eigenvalue weighted by Crippen LogP contribution is 2.36. The van der Waals surface area contributed by atoms with Gasteiger partial charge in [-0.15, -0.1) is 0 Å². The van der Waals surface area contributed by atoms with Gasteiger partial charge in [0.2, 0.25) is 0 Å². The van der Waals surface area contributed by atoms with Crippen molar-refractivity contribution in [1.29, 1.82) is 0 Å². The number of nitrogens with one attached hydrogen (secondary N) is 1. The second kappa shape index (κ2) is 5.99. The lowest BCUT2D eigenvalue weighted by Gasteiger charge is -2.41. The Balaban J connectivity index is 2.08. The number of fused-ring (bicyclic) bond motifs is 2. The molecule has 2 heterocycles. The summed E-state index contributed by atoms with van der Waals surface area (Å²) < 4.78 is 10.4. The van der Waals surface area contributed by atoms with Crippen LogP contribution >= 0.6 is 0 Å². The Kier molecular flexibility index (Phi) is 4.59. The second-order valence-electron chi connectivity index (χ2n) is 5.15. The van der Waals surface area contributed by atoms with Gasteiger partial charge in [0.15, 0.2) is 0 Å². The van der Waals surface area contributed by atoms with Crippen molar-refractivity contribution in [3.05, 3.63) is 0 Å². The van der Waals surface area contributed by atoms with Crippen molar-refractivity contribution in [3.63, 3.8) is 0 Å². The largest absolute Gasteiger partial charge is 0.465 e. The van der Waals surface area contributed by atoms with E-state index in [0.717, 1.165) is 32.5 Å². The van der Waals surface area contributed by atoms with E-state index in [1.54, 1.807) is 7.11 Å². The molecule has 0 spiro atoms. The molecule has 2 aliphatic rings. The second-order valence-corrected chi connectivity index (χ2v) is 5.15. The van der Waals surface area contributed by atoms with Crippen molar-refractivity contribution in [2.45, 2.75) is 25.3 Å². The van der Waals surface area contributed by atoms with Gasteiger partial charge in [-0.2, -0.15) is 0 Å². The van der Waals surface area contributed by atoms with E-state index in [2.05, 4.69) is 10.2 Å². The Morgan fingerprint density at radius 1 is 1.50 bits per heavy atom. The standard InChI is InChI=1S/C13H24N2O3/c1-3-18-12(16)13(14-6-9-17-2)5-8-15-7-4-11(13)10-15/h11,14H,3-10H2,1-2H3. The number of ether oxygens (including phenoxy) is 2. The first kappa shape index (κ1) is 13.8. The molecule has 5 nitrogen and oxygen atoms in total. The van der Waals surface area contributed by atoms with Crippen LogP contribution in [0.4, 0.5) is 0 Å².